The number of hydrogen-bond donors (Lipinski definition) is 2. The molecule has 5 nitrogen and oxygen atoms in total. The summed E-state index contributed by atoms with van der Waals surface area (Å²) in [6.07, 6.45) is 1.61. The van der Waals surface area contributed by atoms with Gasteiger partial charge in [-0.15, -0.1) is 0 Å². The molecule has 0 aliphatic heterocycles. The van der Waals surface area contributed by atoms with Crippen molar-refractivity contribution in [1.29, 1.82) is 0 Å². The van der Waals surface area contributed by atoms with Crippen molar-refractivity contribution in [3.05, 3.63) is 24.8 Å². The van der Waals surface area contributed by atoms with Crippen LogP contribution in [0.5, 0.6) is 0 Å². The van der Waals surface area contributed by atoms with Crippen LogP contribution < -0.4 is 5.32 Å². The summed E-state index contributed by atoms with van der Waals surface area (Å²) < 4.78 is 0. The van der Waals surface area contributed by atoms with Gasteiger partial charge in [0.2, 0.25) is 5.91 Å². The molecule has 0 fully saturated rings. The molecule has 0 aliphatic carbocycles. The Kier molecular flexibility index (Phi) is 6.10. The van der Waals surface area contributed by atoms with E-state index < -0.39 is 17.9 Å². The van der Waals surface area contributed by atoms with Crippen molar-refractivity contribution in [2.75, 3.05) is 20.6 Å². The fourth-order valence-electron chi connectivity index (χ4n) is 1.10. The highest BCUT2D eigenvalue weighted by Gasteiger charge is 2.19. The molecule has 1 unspecified atom stereocenters. The number of aliphatic carboxylic acids is 1. The Bertz CT molecular complexity index is 298. The van der Waals surface area contributed by atoms with Crippen LogP contribution in [0.4, 0.5) is 0 Å². The fraction of sp³-hybridized carbons (Fsp3) is 0.455. The summed E-state index contributed by atoms with van der Waals surface area (Å²) >= 11 is 0. The number of rotatable bonds is 7. The van der Waals surface area contributed by atoms with Gasteiger partial charge >= 0.3 is 5.97 Å². The quantitative estimate of drug-likeness (QED) is 0.610. The largest absolute Gasteiger partial charge is 0.478 e. The van der Waals surface area contributed by atoms with E-state index in [1.54, 1.807) is 0 Å². The number of amides is 1. The van der Waals surface area contributed by atoms with Gasteiger partial charge in [-0.05, 0) is 33.1 Å². The Hall–Kier alpha value is -1.62. The number of carboxylic acid groups (broad SMARTS) is 1. The molecule has 0 bridgehead atoms. The number of nitrogens with zero attached hydrogens (tertiary/aromatic N) is 1. The van der Waals surface area contributed by atoms with E-state index in [-0.39, 0.29) is 5.57 Å². The van der Waals surface area contributed by atoms with Crippen LogP contribution >= 0.6 is 0 Å². The average molecular weight is 226 g/mol. The van der Waals surface area contributed by atoms with Gasteiger partial charge in [0.25, 0.3) is 0 Å². The van der Waals surface area contributed by atoms with Crippen LogP contribution in [-0.4, -0.2) is 48.6 Å². The first kappa shape index (κ1) is 14.4. The first-order valence-corrected chi connectivity index (χ1v) is 4.88. The minimum Gasteiger partial charge on any atom is -0.478 e. The smallest absolute Gasteiger partial charge is 0.333 e. The maximum absolute atomic E-state index is 11.1. The lowest BCUT2D eigenvalue weighted by atomic mass is 10.1. The predicted molar refractivity (Wildman–Crippen MR) is 62.1 cm³/mol. The third-order valence-electron chi connectivity index (χ3n) is 2.06. The van der Waals surface area contributed by atoms with Gasteiger partial charge < -0.3 is 15.3 Å². The summed E-state index contributed by atoms with van der Waals surface area (Å²) in [4.78, 5) is 23.8. The van der Waals surface area contributed by atoms with Gasteiger partial charge in [-0.25, -0.2) is 4.79 Å². The number of carboxylic acids is 1. The number of nitrogens with one attached hydrogen (secondary N) is 1. The Morgan fingerprint density at radius 3 is 2.44 bits per heavy atom. The van der Waals surface area contributed by atoms with Crippen LogP contribution in [-0.2, 0) is 9.59 Å². The van der Waals surface area contributed by atoms with Crippen LogP contribution in [0.3, 0.4) is 0 Å². The molecule has 0 rings (SSSR count). The van der Waals surface area contributed by atoms with Gasteiger partial charge in [0.15, 0.2) is 0 Å². The van der Waals surface area contributed by atoms with Gasteiger partial charge in [-0.2, -0.15) is 0 Å². The average Bonchev–Trinajstić information content (AvgIpc) is 2.22. The molecule has 1 amide bonds. The monoisotopic (exact) mass is 226 g/mol. The maximum Gasteiger partial charge on any atom is 0.333 e. The molecule has 0 heterocycles. The van der Waals surface area contributed by atoms with Crippen LogP contribution in [0.1, 0.15) is 6.42 Å². The SMILES string of the molecule is C=CC(=O)NC(CCN(C)C)C(=C)C(=O)O. The van der Waals surface area contributed by atoms with E-state index in [0.717, 1.165) is 6.08 Å². The van der Waals surface area contributed by atoms with E-state index in [4.69, 9.17) is 5.11 Å². The maximum atomic E-state index is 11.1. The Labute approximate surface area is 95.4 Å². The Balaban J connectivity index is 4.49. The summed E-state index contributed by atoms with van der Waals surface area (Å²) in [7, 11) is 3.74. The summed E-state index contributed by atoms with van der Waals surface area (Å²) in [6, 6.07) is -0.564. The molecule has 1 atom stereocenters. The normalized spacial score (nSPS) is 11.9. The van der Waals surface area contributed by atoms with Crippen LogP contribution in [0.15, 0.2) is 24.8 Å². The zero-order chi connectivity index (χ0) is 12.7. The topological polar surface area (TPSA) is 69.6 Å². The molecule has 0 aromatic carbocycles. The van der Waals surface area contributed by atoms with Gasteiger partial charge in [-0.1, -0.05) is 13.2 Å². The van der Waals surface area contributed by atoms with Crippen molar-refractivity contribution in [2.45, 2.75) is 12.5 Å². The molecule has 0 aliphatic rings. The summed E-state index contributed by atoms with van der Waals surface area (Å²) in [6.45, 7) is 7.43. The highest BCUT2D eigenvalue weighted by Crippen LogP contribution is 2.05. The molecule has 90 valence electrons. The molecular formula is C11H18N2O3. The molecule has 0 aromatic rings. The first-order valence-electron chi connectivity index (χ1n) is 4.88. The molecule has 16 heavy (non-hydrogen) atoms. The first-order chi connectivity index (χ1) is 7.38. The second kappa shape index (κ2) is 6.79. The third-order valence-corrected chi connectivity index (χ3v) is 2.06. The molecule has 0 radical (unpaired) electrons. The second-order valence-corrected chi connectivity index (χ2v) is 3.69. The lowest BCUT2D eigenvalue weighted by Gasteiger charge is -2.20. The Morgan fingerprint density at radius 1 is 1.50 bits per heavy atom. The lowest BCUT2D eigenvalue weighted by Crippen LogP contribution is -2.39. The molecule has 0 saturated carbocycles. The molecule has 2 N–H and O–H groups in total. The van der Waals surface area contributed by atoms with E-state index in [1.165, 1.54) is 0 Å². The molecule has 5 heteroatoms. The van der Waals surface area contributed by atoms with Crippen molar-refractivity contribution in [2.24, 2.45) is 0 Å². The van der Waals surface area contributed by atoms with E-state index in [0.29, 0.717) is 13.0 Å². The Morgan fingerprint density at radius 2 is 2.06 bits per heavy atom. The van der Waals surface area contributed by atoms with Crippen molar-refractivity contribution >= 4 is 11.9 Å². The van der Waals surface area contributed by atoms with Crippen LogP contribution in [0.25, 0.3) is 0 Å². The summed E-state index contributed by atoms with van der Waals surface area (Å²) in [5.74, 6) is -1.50. The van der Waals surface area contributed by atoms with Gasteiger partial charge in [-0.3, -0.25) is 4.79 Å². The zero-order valence-corrected chi connectivity index (χ0v) is 9.69. The highest BCUT2D eigenvalue weighted by molar-refractivity contribution is 5.91. The highest BCUT2D eigenvalue weighted by atomic mass is 16.4. The fourth-order valence-corrected chi connectivity index (χ4v) is 1.10. The molecule has 0 aromatic heterocycles. The lowest BCUT2D eigenvalue weighted by molar-refractivity contribution is -0.133. The van der Waals surface area contributed by atoms with Crippen molar-refractivity contribution in [3.8, 4) is 0 Å². The van der Waals surface area contributed by atoms with Crippen LogP contribution in [0.2, 0.25) is 0 Å². The van der Waals surface area contributed by atoms with Gasteiger partial charge in [0.05, 0.1) is 11.6 Å². The van der Waals surface area contributed by atoms with E-state index in [9.17, 15) is 9.59 Å². The molecular weight excluding hydrogens is 208 g/mol. The molecule has 0 saturated heterocycles. The minimum absolute atomic E-state index is 0.0166. The van der Waals surface area contributed by atoms with Crippen molar-refractivity contribution in [1.82, 2.24) is 10.2 Å². The number of carbonyl (C=O) groups excluding carboxylic acids is 1. The van der Waals surface area contributed by atoms with E-state index in [2.05, 4.69) is 18.5 Å². The number of carbonyl (C=O) groups is 2. The second-order valence-electron chi connectivity index (χ2n) is 3.69. The van der Waals surface area contributed by atoms with Gasteiger partial charge in [0.1, 0.15) is 0 Å². The van der Waals surface area contributed by atoms with Crippen molar-refractivity contribution < 1.29 is 14.7 Å². The number of hydrogen-bond acceptors (Lipinski definition) is 3. The predicted octanol–water partition coefficient (Wildman–Crippen LogP) is 0.250. The third kappa shape index (κ3) is 5.31. The van der Waals surface area contributed by atoms with Crippen molar-refractivity contribution in [3.63, 3.8) is 0 Å². The van der Waals surface area contributed by atoms with E-state index in [1.807, 2.05) is 19.0 Å². The zero-order valence-electron chi connectivity index (χ0n) is 9.69. The standard InChI is InChI=1S/C11H18N2O3/c1-5-10(14)12-9(6-7-13(3)4)8(2)11(15)16/h5,9H,1-2,6-7H2,3-4H3,(H,12,14)(H,15,16). The summed E-state index contributed by atoms with van der Waals surface area (Å²) in [5, 5.41) is 11.4. The molecule has 0 spiro atoms. The van der Waals surface area contributed by atoms with Crippen LogP contribution in [0, 0.1) is 0 Å². The van der Waals surface area contributed by atoms with E-state index >= 15 is 0 Å². The summed E-state index contributed by atoms with van der Waals surface area (Å²) in [5.41, 5.74) is -0.0166. The van der Waals surface area contributed by atoms with Gasteiger partial charge in [0, 0.05) is 0 Å². The minimum atomic E-state index is -1.10.